The maximum atomic E-state index is 12.4. The fraction of sp³-hybridized carbons (Fsp3) is 0.650. The van der Waals surface area contributed by atoms with Gasteiger partial charge in [-0.3, -0.25) is 0 Å². The molecule has 0 aliphatic carbocycles. The Bertz CT molecular complexity index is 514. The van der Waals surface area contributed by atoms with Crippen molar-refractivity contribution in [2.75, 3.05) is 44.7 Å². The van der Waals surface area contributed by atoms with E-state index in [-0.39, 0.29) is 5.97 Å². The van der Waals surface area contributed by atoms with Crippen LogP contribution in [0.25, 0.3) is 0 Å². The molecule has 1 aromatic carbocycles. The van der Waals surface area contributed by atoms with Crippen molar-refractivity contribution in [1.29, 1.82) is 0 Å². The van der Waals surface area contributed by atoms with Crippen LogP contribution in [0.1, 0.15) is 51.4 Å². The Labute approximate surface area is 152 Å². The van der Waals surface area contributed by atoms with Gasteiger partial charge in [-0.25, -0.2) is 4.79 Å². The topological polar surface area (TPSA) is 50.8 Å². The minimum absolute atomic E-state index is 0.325. The van der Waals surface area contributed by atoms with Crippen LogP contribution in [0.5, 0.6) is 5.75 Å². The highest BCUT2D eigenvalue weighted by Gasteiger charge is 2.15. The molecule has 0 aliphatic rings. The maximum absolute atomic E-state index is 12.4. The predicted molar refractivity (Wildman–Crippen MR) is 104 cm³/mol. The molecule has 5 heteroatoms. The molecule has 0 aliphatic heterocycles. The van der Waals surface area contributed by atoms with E-state index in [1.54, 1.807) is 6.07 Å². The average molecular weight is 351 g/mol. The molecule has 5 nitrogen and oxygen atoms in total. The zero-order chi connectivity index (χ0) is 18.7. The molecule has 0 spiro atoms. The Morgan fingerprint density at radius 3 is 2.48 bits per heavy atom. The zero-order valence-electron chi connectivity index (χ0n) is 16.4. The van der Waals surface area contributed by atoms with Crippen molar-refractivity contribution in [3.05, 3.63) is 23.8 Å². The molecule has 0 saturated carbocycles. The van der Waals surface area contributed by atoms with E-state index in [1.807, 2.05) is 19.1 Å². The third-order valence-electron chi connectivity index (χ3n) is 3.91. The lowest BCUT2D eigenvalue weighted by molar-refractivity contribution is 0.0462. The van der Waals surface area contributed by atoms with Gasteiger partial charge >= 0.3 is 5.97 Å². The average Bonchev–Trinajstić information content (AvgIpc) is 2.61. The molecule has 1 aromatic rings. The van der Waals surface area contributed by atoms with Crippen LogP contribution in [0.15, 0.2) is 18.2 Å². The van der Waals surface area contributed by atoms with Gasteiger partial charge in [-0.15, -0.1) is 0 Å². The molecule has 0 unspecified atom stereocenters. The van der Waals surface area contributed by atoms with Crippen LogP contribution in [-0.2, 0) is 4.74 Å². The summed E-state index contributed by atoms with van der Waals surface area (Å²) in [5, 5.41) is 3.36. The second-order valence-corrected chi connectivity index (χ2v) is 6.50. The van der Waals surface area contributed by atoms with Gasteiger partial charge in [-0.2, -0.15) is 0 Å². The van der Waals surface area contributed by atoms with Gasteiger partial charge in [0.05, 0.1) is 6.61 Å². The van der Waals surface area contributed by atoms with Crippen molar-refractivity contribution in [2.24, 2.45) is 5.92 Å². The number of rotatable bonds is 12. The van der Waals surface area contributed by atoms with E-state index in [1.165, 1.54) is 0 Å². The first-order valence-corrected chi connectivity index (χ1v) is 9.41. The van der Waals surface area contributed by atoms with Crippen LogP contribution in [0.3, 0.4) is 0 Å². The molecule has 0 bridgehead atoms. The van der Waals surface area contributed by atoms with Crippen LogP contribution in [0.4, 0.5) is 5.69 Å². The Hall–Kier alpha value is -1.75. The first kappa shape index (κ1) is 21.3. The highest BCUT2D eigenvalue weighted by Crippen LogP contribution is 2.25. The number of benzene rings is 1. The minimum atomic E-state index is -0.325. The number of esters is 1. The maximum Gasteiger partial charge on any atom is 0.341 e. The van der Waals surface area contributed by atoms with Gasteiger partial charge in [0.15, 0.2) is 0 Å². The van der Waals surface area contributed by atoms with Crippen LogP contribution in [-0.4, -0.2) is 50.3 Å². The highest BCUT2D eigenvalue weighted by molar-refractivity contribution is 5.93. The zero-order valence-corrected chi connectivity index (χ0v) is 16.4. The van der Waals surface area contributed by atoms with Gasteiger partial charge < -0.3 is 19.7 Å². The third-order valence-corrected chi connectivity index (χ3v) is 3.91. The first-order valence-electron chi connectivity index (χ1n) is 9.41. The molecule has 0 fully saturated rings. The molecule has 1 N–H and O–H groups in total. The summed E-state index contributed by atoms with van der Waals surface area (Å²) >= 11 is 0. The fourth-order valence-electron chi connectivity index (χ4n) is 2.34. The van der Waals surface area contributed by atoms with Crippen molar-refractivity contribution >= 4 is 11.7 Å². The van der Waals surface area contributed by atoms with E-state index in [9.17, 15) is 4.79 Å². The van der Waals surface area contributed by atoms with Crippen molar-refractivity contribution in [1.82, 2.24) is 4.90 Å². The van der Waals surface area contributed by atoms with Crippen LogP contribution < -0.4 is 10.1 Å². The van der Waals surface area contributed by atoms with Crippen LogP contribution >= 0.6 is 0 Å². The number of anilines is 1. The summed E-state index contributed by atoms with van der Waals surface area (Å²) in [5.74, 6) is 0.807. The highest BCUT2D eigenvalue weighted by atomic mass is 16.5. The van der Waals surface area contributed by atoms with Gasteiger partial charge in [0, 0.05) is 24.8 Å². The summed E-state index contributed by atoms with van der Waals surface area (Å²) in [6, 6.07) is 5.58. The molecule has 25 heavy (non-hydrogen) atoms. The molecular weight excluding hydrogens is 316 g/mol. The summed E-state index contributed by atoms with van der Waals surface area (Å²) in [5.41, 5.74) is 1.45. The molecule has 142 valence electrons. The van der Waals surface area contributed by atoms with E-state index < -0.39 is 0 Å². The number of nitrogens with one attached hydrogen (secondary N) is 1. The fourth-order valence-corrected chi connectivity index (χ4v) is 2.34. The van der Waals surface area contributed by atoms with Crippen LogP contribution in [0, 0.1) is 5.92 Å². The molecule has 0 saturated heterocycles. The number of nitrogens with zero attached hydrogens (tertiary/aromatic N) is 1. The van der Waals surface area contributed by atoms with Crippen LogP contribution in [0.2, 0.25) is 0 Å². The minimum Gasteiger partial charge on any atom is -0.493 e. The second-order valence-electron chi connectivity index (χ2n) is 6.50. The monoisotopic (exact) mass is 350 g/mol. The Morgan fingerprint density at radius 2 is 1.88 bits per heavy atom. The summed E-state index contributed by atoms with van der Waals surface area (Å²) in [6.07, 6.45) is 0.889. The smallest absolute Gasteiger partial charge is 0.341 e. The molecule has 0 radical (unpaired) electrons. The number of hydrogen-bond acceptors (Lipinski definition) is 5. The SMILES string of the molecule is CCCOc1cc(NCC(C)C)ccc1C(=O)OCCN(CC)CC. The van der Waals surface area contributed by atoms with E-state index >= 15 is 0 Å². The summed E-state index contributed by atoms with van der Waals surface area (Å²) < 4.78 is 11.2. The summed E-state index contributed by atoms with van der Waals surface area (Å²) in [7, 11) is 0. The van der Waals surface area contributed by atoms with Crippen molar-refractivity contribution < 1.29 is 14.3 Å². The van der Waals surface area contributed by atoms with Gasteiger partial charge in [-0.1, -0.05) is 34.6 Å². The Balaban J connectivity index is 2.75. The van der Waals surface area contributed by atoms with E-state index in [0.717, 1.165) is 38.3 Å². The number of likely N-dealkylation sites (N-methyl/N-ethyl adjacent to an activating group) is 1. The van der Waals surface area contributed by atoms with E-state index in [0.29, 0.717) is 30.4 Å². The lowest BCUT2D eigenvalue weighted by atomic mass is 10.1. The standard InChI is InChI=1S/C20H34N2O3/c1-6-12-24-19-14-17(21-15-16(4)5)9-10-18(19)20(23)25-13-11-22(7-2)8-3/h9-10,14,16,21H,6-8,11-13,15H2,1-5H3. The van der Waals surface area contributed by atoms with Gasteiger partial charge in [-0.05, 0) is 37.6 Å². The number of carbonyl (C=O) groups is 1. The van der Waals surface area contributed by atoms with E-state index in [2.05, 4.69) is 37.9 Å². The van der Waals surface area contributed by atoms with Gasteiger partial charge in [0.2, 0.25) is 0 Å². The first-order chi connectivity index (χ1) is 12.0. The number of hydrogen-bond donors (Lipinski definition) is 1. The Kier molecular flexibility index (Phi) is 10.0. The number of ether oxygens (including phenoxy) is 2. The molecule has 0 aromatic heterocycles. The van der Waals surface area contributed by atoms with Crippen molar-refractivity contribution in [2.45, 2.75) is 41.0 Å². The summed E-state index contributed by atoms with van der Waals surface area (Å²) in [6.45, 7) is 15.1. The third kappa shape index (κ3) is 7.78. The lowest BCUT2D eigenvalue weighted by Gasteiger charge is -2.18. The Morgan fingerprint density at radius 1 is 1.16 bits per heavy atom. The quantitative estimate of drug-likeness (QED) is 0.577. The summed E-state index contributed by atoms with van der Waals surface area (Å²) in [4.78, 5) is 14.6. The molecule has 0 heterocycles. The largest absolute Gasteiger partial charge is 0.493 e. The second kappa shape index (κ2) is 11.7. The van der Waals surface area contributed by atoms with Crippen molar-refractivity contribution in [3.63, 3.8) is 0 Å². The van der Waals surface area contributed by atoms with E-state index in [4.69, 9.17) is 9.47 Å². The molecule has 0 atom stereocenters. The van der Waals surface area contributed by atoms with Crippen molar-refractivity contribution in [3.8, 4) is 5.75 Å². The molecule has 0 amide bonds. The van der Waals surface area contributed by atoms with Gasteiger partial charge in [0.1, 0.15) is 17.9 Å². The predicted octanol–water partition coefficient (Wildman–Crippen LogP) is 4.04. The van der Waals surface area contributed by atoms with Gasteiger partial charge in [0.25, 0.3) is 0 Å². The lowest BCUT2D eigenvalue weighted by Crippen LogP contribution is -2.28. The normalized spacial score (nSPS) is 11.0. The molecule has 1 rings (SSSR count). The number of carbonyl (C=O) groups excluding carboxylic acids is 1. The molecular formula is C20H34N2O3.